The molecule has 1 N–H and O–H groups in total. The average molecular weight is 214 g/mol. The number of hydrogen-bond acceptors (Lipinski definition) is 3. The Kier molecular flexibility index (Phi) is 5.58. The molecule has 0 aromatic rings. The monoisotopic (exact) mass is 214 g/mol. The quantitative estimate of drug-likeness (QED) is 0.750. The van der Waals surface area contributed by atoms with Crippen LogP contribution in [0.25, 0.3) is 0 Å². The molecule has 0 radical (unpaired) electrons. The molecule has 1 aliphatic heterocycles. The zero-order valence-electron chi connectivity index (χ0n) is 10.6. The van der Waals surface area contributed by atoms with Gasteiger partial charge in [-0.2, -0.15) is 0 Å². The largest absolute Gasteiger partial charge is 0.376 e. The van der Waals surface area contributed by atoms with Crippen molar-refractivity contribution >= 4 is 0 Å². The van der Waals surface area contributed by atoms with E-state index in [0.29, 0.717) is 18.2 Å². The first-order valence-corrected chi connectivity index (χ1v) is 6.22. The van der Waals surface area contributed by atoms with Gasteiger partial charge in [0.25, 0.3) is 0 Å². The van der Waals surface area contributed by atoms with E-state index in [9.17, 15) is 0 Å². The van der Waals surface area contributed by atoms with E-state index in [4.69, 9.17) is 4.74 Å². The summed E-state index contributed by atoms with van der Waals surface area (Å²) < 4.78 is 5.54. The van der Waals surface area contributed by atoms with Crippen LogP contribution < -0.4 is 5.32 Å². The van der Waals surface area contributed by atoms with Crippen molar-refractivity contribution in [1.82, 2.24) is 10.2 Å². The van der Waals surface area contributed by atoms with Crippen LogP contribution in [0, 0.1) is 0 Å². The molecular weight excluding hydrogens is 188 g/mol. The molecule has 1 heterocycles. The van der Waals surface area contributed by atoms with E-state index in [2.05, 4.69) is 37.9 Å². The molecule has 3 heteroatoms. The topological polar surface area (TPSA) is 24.5 Å². The fraction of sp³-hybridized carbons (Fsp3) is 1.00. The summed E-state index contributed by atoms with van der Waals surface area (Å²) in [5.74, 6) is 0. The molecule has 0 aliphatic carbocycles. The highest BCUT2D eigenvalue weighted by Crippen LogP contribution is 2.08. The van der Waals surface area contributed by atoms with Crippen molar-refractivity contribution in [3.05, 3.63) is 0 Å². The normalized spacial score (nSPS) is 27.6. The van der Waals surface area contributed by atoms with E-state index < -0.39 is 0 Å². The van der Waals surface area contributed by atoms with Gasteiger partial charge in [-0.05, 0) is 27.2 Å². The van der Waals surface area contributed by atoms with Crippen LogP contribution in [0.5, 0.6) is 0 Å². The summed E-state index contributed by atoms with van der Waals surface area (Å²) in [6.07, 6.45) is 1.59. The number of nitrogens with zero attached hydrogens (tertiary/aromatic N) is 1. The lowest BCUT2D eigenvalue weighted by Gasteiger charge is -2.36. The first-order valence-electron chi connectivity index (χ1n) is 6.22. The van der Waals surface area contributed by atoms with Gasteiger partial charge < -0.3 is 10.1 Å². The third-order valence-corrected chi connectivity index (χ3v) is 3.27. The minimum Gasteiger partial charge on any atom is -0.376 e. The number of hydrogen-bond donors (Lipinski definition) is 1. The lowest BCUT2D eigenvalue weighted by molar-refractivity contribution is -0.0313. The molecule has 0 spiro atoms. The van der Waals surface area contributed by atoms with Gasteiger partial charge in [0.2, 0.25) is 0 Å². The maximum atomic E-state index is 5.54. The standard InChI is InChI=1S/C12H26N2O/c1-5-10(2)13-8-11(3)14-6-7-15-12(4)9-14/h10-13H,5-9H2,1-4H3. The van der Waals surface area contributed by atoms with Crippen molar-refractivity contribution in [2.75, 3.05) is 26.2 Å². The minimum absolute atomic E-state index is 0.393. The minimum atomic E-state index is 0.393. The molecule has 0 bridgehead atoms. The van der Waals surface area contributed by atoms with Crippen LogP contribution in [-0.4, -0.2) is 49.3 Å². The predicted molar refractivity (Wildman–Crippen MR) is 64.2 cm³/mol. The van der Waals surface area contributed by atoms with Crippen molar-refractivity contribution in [1.29, 1.82) is 0 Å². The summed E-state index contributed by atoms with van der Waals surface area (Å²) in [7, 11) is 0. The molecule has 0 amide bonds. The van der Waals surface area contributed by atoms with Crippen molar-refractivity contribution < 1.29 is 4.74 Å². The molecule has 1 saturated heterocycles. The summed E-state index contributed by atoms with van der Waals surface area (Å²) in [6, 6.07) is 1.25. The second kappa shape index (κ2) is 6.46. The second-order valence-electron chi connectivity index (χ2n) is 4.74. The Morgan fingerprint density at radius 3 is 2.80 bits per heavy atom. The lowest BCUT2D eigenvalue weighted by Crippen LogP contribution is -2.49. The highest BCUT2D eigenvalue weighted by molar-refractivity contribution is 4.76. The van der Waals surface area contributed by atoms with Gasteiger partial charge in [-0.15, -0.1) is 0 Å². The second-order valence-corrected chi connectivity index (χ2v) is 4.74. The molecule has 0 aromatic carbocycles. The molecule has 1 aliphatic rings. The van der Waals surface area contributed by atoms with Gasteiger partial charge in [0.15, 0.2) is 0 Å². The van der Waals surface area contributed by atoms with E-state index in [1.54, 1.807) is 0 Å². The first kappa shape index (κ1) is 12.9. The third kappa shape index (κ3) is 4.49. The summed E-state index contributed by atoms with van der Waals surface area (Å²) in [5, 5.41) is 3.56. The van der Waals surface area contributed by atoms with Gasteiger partial charge in [-0.1, -0.05) is 6.92 Å². The van der Waals surface area contributed by atoms with Crippen LogP contribution in [-0.2, 0) is 4.74 Å². The zero-order chi connectivity index (χ0) is 11.3. The molecule has 90 valence electrons. The van der Waals surface area contributed by atoms with Gasteiger partial charge in [0.1, 0.15) is 0 Å². The number of rotatable bonds is 5. The van der Waals surface area contributed by atoms with Crippen molar-refractivity contribution in [2.45, 2.75) is 52.3 Å². The van der Waals surface area contributed by atoms with E-state index >= 15 is 0 Å². The summed E-state index contributed by atoms with van der Waals surface area (Å²) in [6.45, 7) is 13.0. The van der Waals surface area contributed by atoms with Crippen LogP contribution >= 0.6 is 0 Å². The Labute approximate surface area is 94.2 Å². The molecular formula is C12H26N2O. The van der Waals surface area contributed by atoms with Gasteiger partial charge in [-0.25, -0.2) is 0 Å². The summed E-state index contributed by atoms with van der Waals surface area (Å²) in [4.78, 5) is 2.52. The van der Waals surface area contributed by atoms with E-state index in [1.807, 2.05) is 0 Å². The van der Waals surface area contributed by atoms with Crippen LogP contribution in [0.2, 0.25) is 0 Å². The SMILES string of the molecule is CCC(C)NCC(C)N1CCOC(C)C1. The molecule has 0 aromatic heterocycles. The number of nitrogens with one attached hydrogen (secondary N) is 1. The Bertz CT molecular complexity index is 175. The molecule has 3 unspecified atom stereocenters. The van der Waals surface area contributed by atoms with Crippen LogP contribution in [0.1, 0.15) is 34.1 Å². The van der Waals surface area contributed by atoms with Gasteiger partial charge in [-0.3, -0.25) is 4.90 Å². The van der Waals surface area contributed by atoms with E-state index in [0.717, 1.165) is 26.2 Å². The fourth-order valence-electron chi connectivity index (χ4n) is 1.89. The third-order valence-electron chi connectivity index (χ3n) is 3.27. The first-order chi connectivity index (χ1) is 7.13. The molecule has 1 rings (SSSR count). The van der Waals surface area contributed by atoms with Crippen LogP contribution in [0.4, 0.5) is 0 Å². The van der Waals surface area contributed by atoms with Crippen LogP contribution in [0.15, 0.2) is 0 Å². The number of morpholine rings is 1. The van der Waals surface area contributed by atoms with Crippen molar-refractivity contribution in [3.8, 4) is 0 Å². The smallest absolute Gasteiger partial charge is 0.0674 e. The summed E-state index contributed by atoms with van der Waals surface area (Å²) >= 11 is 0. The molecule has 0 saturated carbocycles. The Balaban J connectivity index is 2.23. The molecule has 3 nitrogen and oxygen atoms in total. The van der Waals surface area contributed by atoms with Gasteiger partial charge in [0.05, 0.1) is 12.7 Å². The zero-order valence-corrected chi connectivity index (χ0v) is 10.6. The predicted octanol–water partition coefficient (Wildman–Crippen LogP) is 1.48. The Morgan fingerprint density at radius 1 is 1.47 bits per heavy atom. The maximum absolute atomic E-state index is 5.54. The fourth-order valence-corrected chi connectivity index (χ4v) is 1.89. The van der Waals surface area contributed by atoms with Gasteiger partial charge >= 0.3 is 0 Å². The Morgan fingerprint density at radius 2 is 2.20 bits per heavy atom. The molecule has 15 heavy (non-hydrogen) atoms. The van der Waals surface area contributed by atoms with E-state index in [-0.39, 0.29) is 0 Å². The number of ether oxygens (including phenoxy) is 1. The van der Waals surface area contributed by atoms with Crippen LogP contribution in [0.3, 0.4) is 0 Å². The van der Waals surface area contributed by atoms with Crippen molar-refractivity contribution in [3.63, 3.8) is 0 Å². The highest BCUT2D eigenvalue weighted by atomic mass is 16.5. The lowest BCUT2D eigenvalue weighted by atomic mass is 10.2. The Hall–Kier alpha value is -0.120. The molecule has 1 fully saturated rings. The van der Waals surface area contributed by atoms with Crippen molar-refractivity contribution in [2.24, 2.45) is 0 Å². The maximum Gasteiger partial charge on any atom is 0.0674 e. The highest BCUT2D eigenvalue weighted by Gasteiger charge is 2.21. The average Bonchev–Trinajstić information content (AvgIpc) is 2.25. The van der Waals surface area contributed by atoms with E-state index in [1.165, 1.54) is 6.42 Å². The molecule has 3 atom stereocenters. The van der Waals surface area contributed by atoms with Gasteiger partial charge in [0, 0.05) is 31.7 Å². The summed E-state index contributed by atoms with van der Waals surface area (Å²) in [5.41, 5.74) is 0.